The third-order valence-corrected chi connectivity index (χ3v) is 3.13. The lowest BCUT2D eigenvalue weighted by atomic mass is 10.1. The highest BCUT2D eigenvalue weighted by Gasteiger charge is 2.15. The van der Waals surface area contributed by atoms with Crippen LogP contribution in [0.15, 0.2) is 60.7 Å². The summed E-state index contributed by atoms with van der Waals surface area (Å²) in [6, 6.07) is 14.0. The molecule has 0 heterocycles. The highest BCUT2D eigenvalue weighted by atomic mass is 16.5. The zero-order chi connectivity index (χ0) is 16.8. The molecule has 0 unspecified atom stereocenters. The van der Waals surface area contributed by atoms with Crippen molar-refractivity contribution in [2.75, 3.05) is 11.9 Å². The zero-order valence-corrected chi connectivity index (χ0v) is 13.3. The second kappa shape index (κ2) is 7.40. The molecule has 0 radical (unpaired) electrons. The van der Waals surface area contributed by atoms with Crippen LogP contribution < -0.4 is 5.32 Å². The molecule has 0 aliphatic carbocycles. The summed E-state index contributed by atoms with van der Waals surface area (Å²) in [6.07, 6.45) is 0. The van der Waals surface area contributed by atoms with Gasteiger partial charge < -0.3 is 10.1 Å². The Hall–Kier alpha value is -2.88. The molecule has 4 heteroatoms. The molecule has 0 fully saturated rings. The van der Waals surface area contributed by atoms with Crippen LogP contribution in [0.3, 0.4) is 0 Å². The van der Waals surface area contributed by atoms with Crippen LogP contribution in [0.2, 0.25) is 0 Å². The van der Waals surface area contributed by atoms with Gasteiger partial charge in [0, 0.05) is 5.56 Å². The van der Waals surface area contributed by atoms with E-state index in [0.717, 1.165) is 11.1 Å². The van der Waals surface area contributed by atoms with Gasteiger partial charge >= 0.3 is 5.97 Å². The Balaban J connectivity index is 2.18. The second-order valence-corrected chi connectivity index (χ2v) is 5.40. The topological polar surface area (TPSA) is 55.4 Å². The van der Waals surface area contributed by atoms with Crippen molar-refractivity contribution >= 4 is 17.6 Å². The molecule has 2 aromatic rings. The summed E-state index contributed by atoms with van der Waals surface area (Å²) in [6.45, 7) is 7.54. The predicted molar refractivity (Wildman–Crippen MR) is 90.7 cm³/mol. The lowest BCUT2D eigenvalue weighted by Crippen LogP contribution is -2.16. The smallest absolute Gasteiger partial charge is 0.340 e. The van der Waals surface area contributed by atoms with E-state index in [4.69, 9.17) is 4.74 Å². The normalized spacial score (nSPS) is 10.0. The van der Waals surface area contributed by atoms with Gasteiger partial charge in [0.1, 0.15) is 6.61 Å². The number of carbonyl (C=O) groups is 2. The zero-order valence-electron chi connectivity index (χ0n) is 13.3. The van der Waals surface area contributed by atoms with Crippen LogP contribution in [0.5, 0.6) is 0 Å². The van der Waals surface area contributed by atoms with E-state index in [1.165, 1.54) is 0 Å². The van der Waals surface area contributed by atoms with Crippen LogP contribution in [0, 0.1) is 6.92 Å². The average Bonchev–Trinajstić information content (AvgIpc) is 2.53. The average molecular weight is 309 g/mol. The second-order valence-electron chi connectivity index (χ2n) is 5.40. The number of ether oxygens (including phenoxy) is 1. The number of hydrogen-bond donors (Lipinski definition) is 1. The van der Waals surface area contributed by atoms with Crippen molar-refractivity contribution in [1.82, 2.24) is 0 Å². The molecule has 23 heavy (non-hydrogen) atoms. The molecule has 2 rings (SSSR count). The van der Waals surface area contributed by atoms with Crippen LogP contribution in [0.4, 0.5) is 5.69 Å². The quantitative estimate of drug-likeness (QED) is 0.671. The van der Waals surface area contributed by atoms with Gasteiger partial charge in [0.25, 0.3) is 5.91 Å². The summed E-state index contributed by atoms with van der Waals surface area (Å²) in [7, 11) is 0. The monoisotopic (exact) mass is 309 g/mol. The molecule has 1 N–H and O–H groups in total. The molecular formula is C19H19NO3. The van der Waals surface area contributed by atoms with Crippen LogP contribution in [-0.2, 0) is 4.74 Å². The number of carbonyl (C=O) groups excluding carboxylic acids is 2. The maximum Gasteiger partial charge on any atom is 0.340 e. The van der Waals surface area contributed by atoms with Crippen molar-refractivity contribution < 1.29 is 14.3 Å². The van der Waals surface area contributed by atoms with Crippen LogP contribution in [-0.4, -0.2) is 18.5 Å². The summed E-state index contributed by atoms with van der Waals surface area (Å²) in [5.74, 6) is -0.762. The number of amides is 1. The van der Waals surface area contributed by atoms with Crippen molar-refractivity contribution in [1.29, 1.82) is 0 Å². The van der Waals surface area contributed by atoms with Gasteiger partial charge in [-0.05, 0) is 43.7 Å². The number of esters is 1. The van der Waals surface area contributed by atoms with Gasteiger partial charge in [0.15, 0.2) is 0 Å². The Morgan fingerprint density at radius 3 is 2.57 bits per heavy atom. The fourth-order valence-electron chi connectivity index (χ4n) is 2.02. The standard InChI is InChI=1S/C19H19NO3/c1-13(2)12-23-19(22)16-9-4-5-10-17(16)20-18(21)15-8-6-7-14(3)11-15/h4-11H,1,12H2,2-3H3,(H,20,21). The largest absolute Gasteiger partial charge is 0.458 e. The number of benzene rings is 2. The summed E-state index contributed by atoms with van der Waals surface area (Å²) in [5.41, 5.74) is 3.02. The Labute approximate surface area is 135 Å². The van der Waals surface area contributed by atoms with Crippen molar-refractivity contribution in [3.63, 3.8) is 0 Å². The number of aryl methyl sites for hydroxylation is 1. The third-order valence-electron chi connectivity index (χ3n) is 3.13. The lowest BCUT2D eigenvalue weighted by Gasteiger charge is -2.11. The minimum atomic E-state index is -0.492. The molecule has 0 saturated carbocycles. The molecule has 0 aromatic heterocycles. The molecule has 4 nitrogen and oxygen atoms in total. The maximum atomic E-state index is 12.3. The summed E-state index contributed by atoms with van der Waals surface area (Å²) < 4.78 is 5.15. The van der Waals surface area contributed by atoms with E-state index in [1.807, 2.05) is 19.1 Å². The number of anilines is 1. The van der Waals surface area contributed by atoms with E-state index in [1.54, 1.807) is 43.3 Å². The van der Waals surface area contributed by atoms with Crippen molar-refractivity contribution in [2.45, 2.75) is 13.8 Å². The first kappa shape index (κ1) is 16.5. The molecular weight excluding hydrogens is 290 g/mol. The third kappa shape index (κ3) is 4.54. The lowest BCUT2D eigenvalue weighted by molar-refractivity contribution is 0.0541. The van der Waals surface area contributed by atoms with E-state index in [2.05, 4.69) is 11.9 Å². The highest BCUT2D eigenvalue weighted by Crippen LogP contribution is 2.18. The predicted octanol–water partition coefficient (Wildman–Crippen LogP) is 3.98. The van der Waals surface area contributed by atoms with Gasteiger partial charge in [0.2, 0.25) is 0 Å². The first-order valence-corrected chi connectivity index (χ1v) is 7.26. The summed E-state index contributed by atoms with van der Waals surface area (Å²) in [5, 5.41) is 2.76. The van der Waals surface area contributed by atoms with Gasteiger partial charge in [-0.15, -0.1) is 0 Å². The number of para-hydroxylation sites is 1. The van der Waals surface area contributed by atoms with Gasteiger partial charge in [-0.1, -0.05) is 36.4 Å². The SMILES string of the molecule is C=C(C)COC(=O)c1ccccc1NC(=O)c1cccc(C)c1. The van der Waals surface area contributed by atoms with Crippen molar-refractivity contribution in [3.8, 4) is 0 Å². The molecule has 0 saturated heterocycles. The Morgan fingerprint density at radius 2 is 1.87 bits per heavy atom. The maximum absolute atomic E-state index is 12.3. The Kier molecular flexibility index (Phi) is 5.31. The first-order valence-electron chi connectivity index (χ1n) is 7.26. The van der Waals surface area contributed by atoms with Gasteiger partial charge in [-0.2, -0.15) is 0 Å². The van der Waals surface area contributed by atoms with Crippen molar-refractivity contribution in [2.24, 2.45) is 0 Å². The molecule has 0 spiro atoms. The van der Waals surface area contributed by atoms with Gasteiger partial charge in [-0.3, -0.25) is 4.79 Å². The molecule has 1 amide bonds. The number of nitrogens with one attached hydrogen (secondary N) is 1. The molecule has 0 atom stereocenters. The Morgan fingerprint density at radius 1 is 1.13 bits per heavy atom. The number of hydrogen-bond acceptors (Lipinski definition) is 3. The summed E-state index contributed by atoms with van der Waals surface area (Å²) >= 11 is 0. The van der Waals surface area contributed by atoms with Crippen molar-refractivity contribution in [3.05, 3.63) is 77.4 Å². The van der Waals surface area contributed by atoms with E-state index in [-0.39, 0.29) is 12.5 Å². The van der Waals surface area contributed by atoms with E-state index in [9.17, 15) is 9.59 Å². The molecule has 0 aliphatic heterocycles. The van der Waals surface area contributed by atoms with E-state index in [0.29, 0.717) is 16.8 Å². The van der Waals surface area contributed by atoms with Crippen LogP contribution >= 0.6 is 0 Å². The molecule has 0 bridgehead atoms. The van der Waals surface area contributed by atoms with Crippen LogP contribution in [0.1, 0.15) is 33.2 Å². The first-order chi connectivity index (χ1) is 11.0. The minimum Gasteiger partial charge on any atom is -0.458 e. The van der Waals surface area contributed by atoms with Gasteiger partial charge in [0.05, 0.1) is 11.3 Å². The summed E-state index contributed by atoms with van der Waals surface area (Å²) in [4.78, 5) is 24.5. The van der Waals surface area contributed by atoms with E-state index >= 15 is 0 Å². The molecule has 118 valence electrons. The van der Waals surface area contributed by atoms with Crippen LogP contribution in [0.25, 0.3) is 0 Å². The fraction of sp³-hybridized carbons (Fsp3) is 0.158. The fourth-order valence-corrected chi connectivity index (χ4v) is 2.02. The van der Waals surface area contributed by atoms with Gasteiger partial charge in [-0.25, -0.2) is 4.79 Å². The molecule has 2 aromatic carbocycles. The Bertz CT molecular complexity index is 750. The van der Waals surface area contributed by atoms with E-state index < -0.39 is 5.97 Å². The number of rotatable bonds is 5. The molecule has 0 aliphatic rings. The minimum absolute atomic E-state index is 0.152. The highest BCUT2D eigenvalue weighted by molar-refractivity contribution is 6.08.